The van der Waals surface area contributed by atoms with Crippen LogP contribution in [0.5, 0.6) is 0 Å². The Morgan fingerprint density at radius 1 is 0.571 bits per heavy atom. The van der Waals surface area contributed by atoms with Crippen LogP contribution in [0.1, 0.15) is 22.3 Å². The van der Waals surface area contributed by atoms with E-state index in [4.69, 9.17) is 4.98 Å². The van der Waals surface area contributed by atoms with Crippen molar-refractivity contribution in [2.45, 2.75) is 27.7 Å². The fourth-order valence-electron chi connectivity index (χ4n) is 3.89. The van der Waals surface area contributed by atoms with Crippen molar-refractivity contribution in [2.24, 2.45) is 0 Å². The smallest absolute Gasteiger partial charge is 0.0780 e. The normalized spacial score (nSPS) is 10.9. The molecule has 0 bridgehead atoms. The third kappa shape index (κ3) is 3.48. The van der Waals surface area contributed by atoms with E-state index in [2.05, 4.69) is 94.4 Å². The molecular formula is C27H25N. The van der Waals surface area contributed by atoms with Crippen LogP contribution in [-0.4, -0.2) is 4.98 Å². The molecule has 0 fully saturated rings. The van der Waals surface area contributed by atoms with Gasteiger partial charge in [0.1, 0.15) is 0 Å². The molecule has 0 aliphatic carbocycles. The van der Waals surface area contributed by atoms with Gasteiger partial charge in [-0.15, -0.1) is 0 Å². The van der Waals surface area contributed by atoms with Crippen molar-refractivity contribution in [3.8, 4) is 33.5 Å². The molecule has 4 aromatic rings. The Morgan fingerprint density at radius 2 is 1.21 bits per heavy atom. The first kappa shape index (κ1) is 18.2. The molecule has 1 heteroatoms. The molecule has 28 heavy (non-hydrogen) atoms. The molecule has 138 valence electrons. The van der Waals surface area contributed by atoms with Gasteiger partial charge in [-0.1, -0.05) is 72.3 Å². The Bertz CT molecular complexity index is 1100. The lowest BCUT2D eigenvalue weighted by Crippen LogP contribution is -1.96. The van der Waals surface area contributed by atoms with Crippen LogP contribution in [-0.2, 0) is 0 Å². The van der Waals surface area contributed by atoms with Gasteiger partial charge >= 0.3 is 0 Å². The average Bonchev–Trinajstić information content (AvgIpc) is 2.69. The summed E-state index contributed by atoms with van der Waals surface area (Å²) in [6.07, 6.45) is 1.96. The quantitative estimate of drug-likeness (QED) is 0.372. The Hall–Kier alpha value is -3.19. The van der Waals surface area contributed by atoms with Gasteiger partial charge in [0.05, 0.1) is 5.69 Å². The maximum atomic E-state index is 4.80. The molecule has 0 spiro atoms. The molecule has 0 atom stereocenters. The summed E-state index contributed by atoms with van der Waals surface area (Å²) in [5.74, 6) is 0. The Balaban J connectivity index is 1.89. The molecule has 0 amide bonds. The molecule has 0 saturated heterocycles. The first-order valence-corrected chi connectivity index (χ1v) is 9.73. The van der Waals surface area contributed by atoms with Crippen molar-refractivity contribution in [2.75, 3.05) is 0 Å². The second kappa shape index (κ2) is 7.44. The Kier molecular flexibility index (Phi) is 4.83. The summed E-state index contributed by atoms with van der Waals surface area (Å²) in [4.78, 5) is 4.80. The predicted octanol–water partition coefficient (Wildman–Crippen LogP) is 7.32. The van der Waals surface area contributed by atoms with E-state index in [-0.39, 0.29) is 0 Å². The van der Waals surface area contributed by atoms with Crippen LogP contribution in [0.2, 0.25) is 0 Å². The first-order chi connectivity index (χ1) is 13.5. The van der Waals surface area contributed by atoms with E-state index < -0.39 is 0 Å². The maximum Gasteiger partial charge on any atom is 0.0780 e. The fourth-order valence-corrected chi connectivity index (χ4v) is 3.89. The fraction of sp³-hybridized carbons (Fsp3) is 0.148. The summed E-state index contributed by atoms with van der Waals surface area (Å²) in [7, 11) is 0. The van der Waals surface area contributed by atoms with Gasteiger partial charge in [0.25, 0.3) is 0 Å². The van der Waals surface area contributed by atoms with Crippen molar-refractivity contribution in [3.05, 3.63) is 101 Å². The van der Waals surface area contributed by atoms with Gasteiger partial charge in [-0.2, -0.15) is 0 Å². The van der Waals surface area contributed by atoms with Crippen LogP contribution in [0, 0.1) is 27.7 Å². The summed E-state index contributed by atoms with van der Waals surface area (Å²) >= 11 is 0. The highest BCUT2D eigenvalue weighted by Crippen LogP contribution is 2.37. The van der Waals surface area contributed by atoms with Crippen molar-refractivity contribution in [1.29, 1.82) is 0 Å². The van der Waals surface area contributed by atoms with Crippen LogP contribution in [0.4, 0.5) is 0 Å². The molecule has 0 N–H and O–H groups in total. The highest BCUT2D eigenvalue weighted by molar-refractivity contribution is 5.86. The van der Waals surface area contributed by atoms with Crippen LogP contribution < -0.4 is 0 Å². The summed E-state index contributed by atoms with van der Waals surface area (Å²) in [6, 6.07) is 26.0. The third-order valence-corrected chi connectivity index (χ3v) is 5.26. The van der Waals surface area contributed by atoms with E-state index >= 15 is 0 Å². The summed E-state index contributed by atoms with van der Waals surface area (Å²) < 4.78 is 0. The zero-order valence-electron chi connectivity index (χ0n) is 17.0. The average molecular weight is 364 g/mol. The van der Waals surface area contributed by atoms with Crippen LogP contribution in [0.15, 0.2) is 79.0 Å². The Labute approximate surface area is 167 Å². The van der Waals surface area contributed by atoms with E-state index in [9.17, 15) is 0 Å². The molecule has 0 aliphatic rings. The van der Waals surface area contributed by atoms with Crippen LogP contribution in [0.3, 0.4) is 0 Å². The SMILES string of the molecule is Cc1ccc(-c2cc(C)c(-c3cc(C)cnc3-c3ccccc3)c(C)c2)cc1. The highest BCUT2D eigenvalue weighted by atomic mass is 14.7. The predicted molar refractivity (Wildman–Crippen MR) is 119 cm³/mol. The number of benzene rings is 3. The topological polar surface area (TPSA) is 12.9 Å². The number of aryl methyl sites for hydroxylation is 4. The van der Waals surface area contributed by atoms with Gasteiger partial charge in [0.2, 0.25) is 0 Å². The maximum absolute atomic E-state index is 4.80. The van der Waals surface area contributed by atoms with Crippen LogP contribution in [0.25, 0.3) is 33.5 Å². The minimum atomic E-state index is 1.04. The molecular weight excluding hydrogens is 338 g/mol. The lowest BCUT2D eigenvalue weighted by atomic mass is 9.89. The lowest BCUT2D eigenvalue weighted by molar-refractivity contribution is 1.26. The zero-order valence-corrected chi connectivity index (χ0v) is 17.0. The van der Waals surface area contributed by atoms with Crippen molar-refractivity contribution in [3.63, 3.8) is 0 Å². The van der Waals surface area contributed by atoms with E-state index in [0.29, 0.717) is 0 Å². The van der Waals surface area contributed by atoms with E-state index in [1.807, 2.05) is 12.3 Å². The Morgan fingerprint density at radius 3 is 1.86 bits per heavy atom. The van der Waals surface area contributed by atoms with Gasteiger partial charge in [-0.05, 0) is 67.1 Å². The minimum Gasteiger partial charge on any atom is -0.255 e. The molecule has 1 aromatic heterocycles. The van der Waals surface area contributed by atoms with E-state index in [0.717, 1.165) is 11.3 Å². The molecule has 1 heterocycles. The van der Waals surface area contributed by atoms with Gasteiger partial charge < -0.3 is 0 Å². The molecule has 0 unspecified atom stereocenters. The standard InChI is InChI=1S/C27H25N/c1-18-10-12-22(13-11-18)24-15-20(3)26(21(4)16-24)25-14-19(2)17-28-27(25)23-8-6-5-7-9-23/h5-17H,1-4H3. The van der Waals surface area contributed by atoms with Gasteiger partial charge in [0, 0.05) is 17.3 Å². The van der Waals surface area contributed by atoms with Crippen molar-refractivity contribution in [1.82, 2.24) is 4.98 Å². The van der Waals surface area contributed by atoms with E-state index in [1.54, 1.807) is 0 Å². The first-order valence-electron chi connectivity index (χ1n) is 9.73. The summed E-state index contributed by atoms with van der Waals surface area (Å²) in [5, 5.41) is 0. The van der Waals surface area contributed by atoms with Crippen molar-refractivity contribution >= 4 is 0 Å². The van der Waals surface area contributed by atoms with Gasteiger partial charge in [-0.3, -0.25) is 4.98 Å². The number of pyridine rings is 1. The third-order valence-electron chi connectivity index (χ3n) is 5.26. The van der Waals surface area contributed by atoms with Crippen molar-refractivity contribution < 1.29 is 0 Å². The molecule has 4 rings (SSSR count). The summed E-state index contributed by atoms with van der Waals surface area (Å²) in [6.45, 7) is 8.64. The minimum absolute atomic E-state index is 1.04. The second-order valence-electron chi connectivity index (χ2n) is 7.63. The van der Waals surface area contributed by atoms with Gasteiger partial charge in [-0.25, -0.2) is 0 Å². The largest absolute Gasteiger partial charge is 0.255 e. The summed E-state index contributed by atoms with van der Waals surface area (Å²) in [5.41, 5.74) is 12.2. The second-order valence-corrected chi connectivity index (χ2v) is 7.63. The monoisotopic (exact) mass is 363 g/mol. The molecule has 0 radical (unpaired) electrons. The van der Waals surface area contributed by atoms with Gasteiger partial charge in [0.15, 0.2) is 0 Å². The molecule has 0 saturated carbocycles. The number of hydrogen-bond donors (Lipinski definition) is 0. The highest BCUT2D eigenvalue weighted by Gasteiger charge is 2.15. The number of hydrogen-bond acceptors (Lipinski definition) is 1. The number of rotatable bonds is 3. The molecule has 0 aliphatic heterocycles. The molecule has 1 nitrogen and oxygen atoms in total. The van der Waals surface area contributed by atoms with Crippen LogP contribution >= 0.6 is 0 Å². The zero-order chi connectivity index (χ0) is 19.7. The molecule has 3 aromatic carbocycles. The number of aromatic nitrogens is 1. The number of nitrogens with zero attached hydrogens (tertiary/aromatic N) is 1. The van der Waals surface area contributed by atoms with E-state index in [1.165, 1.54) is 44.5 Å². The lowest BCUT2D eigenvalue weighted by Gasteiger charge is -2.17.